The Morgan fingerprint density at radius 1 is 0.461 bits per heavy atom. The van der Waals surface area contributed by atoms with E-state index in [1.165, 1.54) is 104 Å². The van der Waals surface area contributed by atoms with Crippen molar-refractivity contribution in [2.45, 2.75) is 215 Å². The molecule has 1 heterocycles. The van der Waals surface area contributed by atoms with E-state index in [0.29, 0.717) is 6.42 Å². The summed E-state index contributed by atoms with van der Waals surface area (Å²) in [4.78, 5) is 171. The minimum absolute atomic E-state index is 0.0157. The Morgan fingerprint density at radius 3 is 1.34 bits per heavy atom. The van der Waals surface area contributed by atoms with Crippen molar-refractivity contribution in [3.05, 3.63) is 12.2 Å². The number of likely N-dealkylation sites (N-methyl/N-ethyl adjacent to an activating group) is 7. The second-order valence-electron chi connectivity index (χ2n) is 26.4. The van der Waals surface area contributed by atoms with E-state index >= 15 is 9.59 Å². The zero-order chi connectivity index (χ0) is 69.0. The van der Waals surface area contributed by atoms with Gasteiger partial charge in [0.2, 0.25) is 65.0 Å². The molecule has 0 aromatic carbocycles. The van der Waals surface area contributed by atoms with Crippen LogP contribution in [0.3, 0.4) is 0 Å². The Bertz CT molecular complexity index is 2420. The first kappa shape index (κ1) is 80.8. The van der Waals surface area contributed by atoms with E-state index in [0.717, 1.165) is 14.7 Å². The van der Waals surface area contributed by atoms with E-state index in [1.807, 2.05) is 41.5 Å². The lowest BCUT2D eigenvalue weighted by molar-refractivity contribution is -0.157. The molecule has 0 aromatic rings. The maximum absolute atomic E-state index is 15.2. The summed E-state index contributed by atoms with van der Waals surface area (Å²) in [5, 5.41) is 23.2. The van der Waals surface area contributed by atoms with E-state index in [2.05, 4.69) is 21.3 Å². The molecule has 25 heteroatoms. The fraction of sp³-hybridized carbons (Fsp3) is 0.797. The lowest BCUT2D eigenvalue weighted by Gasteiger charge is -2.41. The van der Waals surface area contributed by atoms with Gasteiger partial charge in [0.05, 0.1) is 19.3 Å². The lowest BCUT2D eigenvalue weighted by atomic mass is 9.91. The summed E-state index contributed by atoms with van der Waals surface area (Å²) < 4.78 is 11.1. The number of nitrogens with zero attached hydrogens (tertiary/aromatic N) is 7. The van der Waals surface area contributed by atoms with Gasteiger partial charge in [0.1, 0.15) is 66.5 Å². The number of carbonyl (C=O) groups excluding carboxylic acids is 11. The molecule has 0 aromatic heterocycles. The maximum Gasteiger partial charge on any atom is 0.246 e. The average Bonchev–Trinajstić information content (AvgIpc) is 3.24. The number of methoxy groups -OCH3 is 2. The topological polar surface area (TPSA) is 297 Å². The third kappa shape index (κ3) is 22.0. The average molecular weight is 1260 g/mol. The summed E-state index contributed by atoms with van der Waals surface area (Å²) in [5.74, 6) is -11.0. The minimum atomic E-state index is -1.64. The summed E-state index contributed by atoms with van der Waals surface area (Å²) >= 11 is 0. The van der Waals surface area contributed by atoms with Crippen molar-refractivity contribution in [3.8, 4) is 0 Å². The van der Waals surface area contributed by atoms with Gasteiger partial charge in [-0.15, -0.1) is 0 Å². The zero-order valence-corrected chi connectivity index (χ0v) is 58.5. The summed E-state index contributed by atoms with van der Waals surface area (Å²) in [6, 6.07) is -14.2. The molecule has 1 saturated heterocycles. The van der Waals surface area contributed by atoms with Crippen molar-refractivity contribution in [1.29, 1.82) is 0 Å². The van der Waals surface area contributed by atoms with E-state index < -0.39 is 161 Å². The molecule has 0 saturated carbocycles. The molecule has 0 spiro atoms. The van der Waals surface area contributed by atoms with Crippen LogP contribution in [0, 0.1) is 41.4 Å². The predicted molar refractivity (Wildman–Crippen MR) is 341 cm³/mol. The van der Waals surface area contributed by atoms with Crippen LogP contribution < -0.4 is 21.3 Å². The number of hydrogen-bond donors (Lipinski definition) is 5. The molecule has 1 rings (SSSR count). The van der Waals surface area contributed by atoms with Gasteiger partial charge in [0, 0.05) is 69.5 Å². The molecule has 1 fully saturated rings. The smallest absolute Gasteiger partial charge is 0.246 e. The van der Waals surface area contributed by atoms with Gasteiger partial charge in [-0.1, -0.05) is 95.2 Å². The highest BCUT2D eigenvalue weighted by atomic mass is 16.5. The van der Waals surface area contributed by atoms with E-state index in [4.69, 9.17) is 9.47 Å². The van der Waals surface area contributed by atoms with E-state index in [-0.39, 0.29) is 56.7 Å². The number of nitrogens with one attached hydrogen (secondary N) is 4. The zero-order valence-electron chi connectivity index (χ0n) is 58.5. The Labute approximate surface area is 531 Å². The van der Waals surface area contributed by atoms with Crippen LogP contribution in [0.1, 0.15) is 143 Å². The highest BCUT2D eigenvalue weighted by molar-refractivity contribution is 6.00. The Morgan fingerprint density at radius 2 is 0.888 bits per heavy atom. The quantitative estimate of drug-likeness (QED) is 0.123. The first-order valence-corrected chi connectivity index (χ1v) is 31.6. The van der Waals surface area contributed by atoms with Crippen molar-refractivity contribution >= 4 is 65.0 Å². The van der Waals surface area contributed by atoms with Gasteiger partial charge in [0.25, 0.3) is 0 Å². The molecule has 11 amide bonds. The van der Waals surface area contributed by atoms with Gasteiger partial charge in [-0.05, 0) is 95.3 Å². The number of hydrogen-bond acceptors (Lipinski definition) is 14. The third-order valence-electron chi connectivity index (χ3n) is 17.0. The highest BCUT2D eigenvalue weighted by Gasteiger charge is 2.47. The molecular formula is C64H115N11O14. The highest BCUT2D eigenvalue weighted by Crippen LogP contribution is 2.26. The number of amides is 11. The Hall–Kier alpha value is -6.21. The molecule has 0 bridgehead atoms. The Kier molecular flexibility index (Phi) is 33.8. The second-order valence-corrected chi connectivity index (χ2v) is 26.4. The summed E-state index contributed by atoms with van der Waals surface area (Å²) in [6.07, 6.45) is 2.73. The van der Waals surface area contributed by atoms with Crippen LogP contribution >= 0.6 is 0 Å². The van der Waals surface area contributed by atoms with Crippen LogP contribution in [-0.2, 0) is 62.2 Å². The number of aliphatic hydroxyl groups excluding tert-OH is 1. The van der Waals surface area contributed by atoms with Gasteiger partial charge < -0.3 is 70.1 Å². The molecule has 0 unspecified atom stereocenters. The Balaban J connectivity index is 4.46. The molecule has 510 valence electrons. The van der Waals surface area contributed by atoms with Crippen molar-refractivity contribution in [2.24, 2.45) is 41.4 Å². The minimum Gasteiger partial charge on any atom is -0.390 e. The molecule has 1 aliphatic heterocycles. The first-order valence-electron chi connectivity index (χ1n) is 31.6. The van der Waals surface area contributed by atoms with Crippen LogP contribution in [0.25, 0.3) is 0 Å². The van der Waals surface area contributed by atoms with Gasteiger partial charge in [0.15, 0.2) is 0 Å². The fourth-order valence-electron chi connectivity index (χ4n) is 11.3. The summed E-state index contributed by atoms with van der Waals surface area (Å²) in [7, 11) is 12.6. The summed E-state index contributed by atoms with van der Waals surface area (Å²) in [6.45, 7) is 27.2. The second kappa shape index (κ2) is 37.2. The standard InChI is InChI=1S/C64H115N11O14/c1-26-28-29-40(13)53(76)52-57(80)67-45(27-2)60(83)69(17)43(16)59(82)74(22)51(44(33-88-24)34-89-25)56(79)68-49(38(9)10)63(86)70(18)46(30-35(3)4)55(78)65-41(14)54(77)66-42(15)58(81)71(19)47(31-36(5)6)61(84)72(20)48(32-37(7)8)62(85)73(21)50(39(11)12)64(87)75(52)23/h26,28,35-53,76H,27,29-34H2,1-25H3,(H,65,78)(H,66,77)(H,67,80)(H,68,79)/b28-26+/t40-,41+,42-,43-,45+,46+,47+,48+,49+,50+,51+,52+,53-/m1/s1. The van der Waals surface area contributed by atoms with E-state index in [1.54, 1.807) is 60.6 Å². The fourth-order valence-corrected chi connectivity index (χ4v) is 11.3. The van der Waals surface area contributed by atoms with Gasteiger partial charge in [-0.2, -0.15) is 0 Å². The molecule has 0 radical (unpaired) electrons. The molecular weight excluding hydrogens is 1150 g/mol. The number of aliphatic hydroxyl groups is 1. The van der Waals surface area contributed by atoms with Crippen LogP contribution in [0.15, 0.2) is 12.2 Å². The van der Waals surface area contributed by atoms with E-state index in [9.17, 15) is 48.3 Å². The monoisotopic (exact) mass is 1260 g/mol. The van der Waals surface area contributed by atoms with Crippen molar-refractivity contribution in [2.75, 3.05) is 76.8 Å². The molecule has 25 nitrogen and oxygen atoms in total. The molecule has 0 aliphatic carbocycles. The predicted octanol–water partition coefficient (Wildman–Crippen LogP) is 2.52. The number of rotatable bonds is 18. The number of carbonyl (C=O) groups is 11. The van der Waals surface area contributed by atoms with Gasteiger partial charge >= 0.3 is 0 Å². The van der Waals surface area contributed by atoms with Crippen molar-refractivity contribution in [1.82, 2.24) is 55.6 Å². The lowest BCUT2D eigenvalue weighted by Crippen LogP contribution is -2.64. The number of allylic oxidation sites excluding steroid dienone is 2. The van der Waals surface area contributed by atoms with Crippen molar-refractivity contribution in [3.63, 3.8) is 0 Å². The normalized spacial score (nSPS) is 27.1. The number of ether oxygens (including phenoxy) is 2. The third-order valence-corrected chi connectivity index (χ3v) is 17.0. The largest absolute Gasteiger partial charge is 0.390 e. The molecule has 89 heavy (non-hydrogen) atoms. The van der Waals surface area contributed by atoms with Gasteiger partial charge in [-0.25, -0.2) is 0 Å². The molecule has 13 atom stereocenters. The summed E-state index contributed by atoms with van der Waals surface area (Å²) in [5.41, 5.74) is 0. The first-order chi connectivity index (χ1) is 41.2. The van der Waals surface area contributed by atoms with Crippen molar-refractivity contribution < 1.29 is 67.3 Å². The van der Waals surface area contributed by atoms with Gasteiger partial charge in [-0.3, -0.25) is 52.7 Å². The molecule has 1 aliphatic rings. The maximum atomic E-state index is 15.2. The van der Waals surface area contributed by atoms with Crippen LogP contribution in [0.2, 0.25) is 0 Å². The van der Waals surface area contributed by atoms with Crippen LogP contribution in [0.5, 0.6) is 0 Å². The SMILES string of the molecule is C/C=C/C[C@@H](C)[C@@H](O)[C@H]1C(=O)N[C@@H](CC)C(=O)N(C)[C@H](C)C(=O)N(C)[C@@H](C(COC)COC)C(=O)N[C@@H](C(C)C)C(=O)N(C)[C@@H](CC(C)C)C(=O)N[C@@H](C)C(=O)N[C@H](C)C(=O)N(C)[C@@H](CC(C)C)C(=O)N(C)[C@@H](CC(C)C)C(=O)N(C)[C@@H](C(C)C)C(=O)N1C. The van der Waals surface area contributed by atoms with Crippen LogP contribution in [0.4, 0.5) is 0 Å². The van der Waals surface area contributed by atoms with Crippen LogP contribution in [-0.4, -0.2) is 254 Å². The molecule has 5 N–H and O–H groups in total.